The highest BCUT2D eigenvalue weighted by Gasteiger charge is 2.28. The highest BCUT2D eigenvalue weighted by Crippen LogP contribution is 2.30. The van der Waals surface area contributed by atoms with Crippen LogP contribution in [0.5, 0.6) is 5.75 Å². The molecule has 0 saturated carbocycles. The van der Waals surface area contributed by atoms with E-state index >= 15 is 0 Å². The van der Waals surface area contributed by atoms with Gasteiger partial charge in [0.15, 0.2) is 17.4 Å². The van der Waals surface area contributed by atoms with Crippen LogP contribution in [0.3, 0.4) is 0 Å². The third-order valence-electron chi connectivity index (χ3n) is 5.57. The standard InChI is InChI=1S/C22H23F2N3O3S2/c1-15(16-5-3-2-4-6-16)27-11-9-17(10-12-27)30-18-7-8-19(22(24)21(18)23)32(28,29)26-20-13-31-14-25-20/h2-8,13-15,17,26H,9-12H2,1H3. The summed E-state index contributed by atoms with van der Waals surface area (Å²) < 4.78 is 61.9. The number of aromatic nitrogens is 1. The lowest BCUT2D eigenvalue weighted by molar-refractivity contribution is 0.0765. The van der Waals surface area contributed by atoms with Crippen LogP contribution in [0.25, 0.3) is 0 Å². The van der Waals surface area contributed by atoms with Gasteiger partial charge in [-0.25, -0.2) is 17.8 Å². The number of hydrogen-bond acceptors (Lipinski definition) is 6. The van der Waals surface area contributed by atoms with E-state index in [2.05, 4.69) is 33.7 Å². The maximum Gasteiger partial charge on any atom is 0.266 e. The molecule has 0 bridgehead atoms. The fourth-order valence-corrected chi connectivity index (χ4v) is 5.40. The van der Waals surface area contributed by atoms with E-state index in [1.165, 1.54) is 27.8 Å². The maximum atomic E-state index is 14.6. The number of nitrogens with one attached hydrogen (secondary N) is 1. The van der Waals surface area contributed by atoms with Crippen molar-refractivity contribution in [1.82, 2.24) is 9.88 Å². The van der Waals surface area contributed by atoms with Crippen molar-refractivity contribution >= 4 is 27.2 Å². The summed E-state index contributed by atoms with van der Waals surface area (Å²) in [5, 5.41) is 1.45. The van der Waals surface area contributed by atoms with Crippen molar-refractivity contribution < 1.29 is 21.9 Å². The van der Waals surface area contributed by atoms with Gasteiger partial charge in [-0.1, -0.05) is 30.3 Å². The van der Waals surface area contributed by atoms with Crippen LogP contribution in [-0.4, -0.2) is 37.5 Å². The van der Waals surface area contributed by atoms with Crippen molar-refractivity contribution in [2.45, 2.75) is 36.8 Å². The van der Waals surface area contributed by atoms with E-state index in [0.29, 0.717) is 12.8 Å². The lowest BCUT2D eigenvalue weighted by Gasteiger charge is -2.36. The molecule has 1 aliphatic heterocycles. The van der Waals surface area contributed by atoms with E-state index in [-0.39, 0.29) is 23.7 Å². The molecule has 1 saturated heterocycles. The number of sulfonamides is 1. The van der Waals surface area contributed by atoms with Gasteiger partial charge < -0.3 is 4.74 Å². The Kier molecular flexibility index (Phi) is 6.73. The molecule has 2 aromatic carbocycles. The summed E-state index contributed by atoms with van der Waals surface area (Å²) in [5.41, 5.74) is 2.65. The van der Waals surface area contributed by atoms with Crippen LogP contribution < -0.4 is 9.46 Å². The average Bonchev–Trinajstić information content (AvgIpc) is 3.30. The average molecular weight is 480 g/mol. The molecule has 4 rings (SSSR count). The largest absolute Gasteiger partial charge is 0.487 e. The lowest BCUT2D eigenvalue weighted by atomic mass is 10.0. The fourth-order valence-electron chi connectivity index (χ4n) is 3.77. The Balaban J connectivity index is 1.41. The first-order valence-electron chi connectivity index (χ1n) is 10.2. The predicted octanol–water partition coefficient (Wildman–Crippen LogP) is 4.83. The minimum atomic E-state index is -4.31. The molecule has 3 aromatic rings. The second-order valence-electron chi connectivity index (χ2n) is 7.61. The summed E-state index contributed by atoms with van der Waals surface area (Å²) in [6, 6.07) is 12.6. The summed E-state index contributed by atoms with van der Waals surface area (Å²) >= 11 is 1.18. The van der Waals surface area contributed by atoms with Crippen LogP contribution >= 0.6 is 11.3 Å². The number of piperidine rings is 1. The van der Waals surface area contributed by atoms with Gasteiger partial charge in [0.05, 0.1) is 5.51 Å². The molecule has 0 radical (unpaired) electrons. The minimum absolute atomic E-state index is 0.0478. The number of nitrogens with zero attached hydrogens (tertiary/aromatic N) is 2. The molecule has 32 heavy (non-hydrogen) atoms. The van der Waals surface area contributed by atoms with Gasteiger partial charge in [0.1, 0.15) is 11.0 Å². The Morgan fingerprint density at radius 1 is 1.12 bits per heavy atom. The summed E-state index contributed by atoms with van der Waals surface area (Å²) in [7, 11) is -4.31. The Hall–Kier alpha value is -2.56. The smallest absolute Gasteiger partial charge is 0.266 e. The van der Waals surface area contributed by atoms with Gasteiger partial charge in [0.2, 0.25) is 5.82 Å². The molecule has 0 amide bonds. The first kappa shape index (κ1) is 22.6. The molecule has 0 aliphatic carbocycles. The molecule has 6 nitrogen and oxygen atoms in total. The Morgan fingerprint density at radius 3 is 2.50 bits per heavy atom. The van der Waals surface area contributed by atoms with E-state index < -0.39 is 26.6 Å². The van der Waals surface area contributed by atoms with Crippen molar-refractivity contribution in [3.63, 3.8) is 0 Å². The number of halogens is 2. The van der Waals surface area contributed by atoms with Gasteiger partial charge in [-0.2, -0.15) is 4.39 Å². The number of benzene rings is 2. The summed E-state index contributed by atoms with van der Waals surface area (Å²) in [4.78, 5) is 5.33. The van der Waals surface area contributed by atoms with Crippen molar-refractivity contribution in [3.8, 4) is 5.75 Å². The number of likely N-dealkylation sites (tertiary alicyclic amines) is 1. The molecule has 1 fully saturated rings. The van der Waals surface area contributed by atoms with Crippen LogP contribution in [0, 0.1) is 11.6 Å². The van der Waals surface area contributed by atoms with Gasteiger partial charge in [-0.3, -0.25) is 9.62 Å². The van der Waals surface area contributed by atoms with Crippen molar-refractivity contribution in [1.29, 1.82) is 0 Å². The van der Waals surface area contributed by atoms with Crippen molar-refractivity contribution in [3.05, 3.63) is 70.6 Å². The zero-order chi connectivity index (χ0) is 22.7. The molecule has 1 aromatic heterocycles. The van der Waals surface area contributed by atoms with Crippen LogP contribution in [0.1, 0.15) is 31.4 Å². The van der Waals surface area contributed by atoms with E-state index in [1.807, 2.05) is 18.2 Å². The van der Waals surface area contributed by atoms with Crippen molar-refractivity contribution in [2.75, 3.05) is 17.8 Å². The number of hydrogen-bond donors (Lipinski definition) is 1. The third kappa shape index (κ3) is 4.92. The summed E-state index contributed by atoms with van der Waals surface area (Å²) in [5.74, 6) is -3.03. The second-order valence-corrected chi connectivity index (χ2v) is 9.98. The molecule has 10 heteroatoms. The zero-order valence-corrected chi connectivity index (χ0v) is 19.0. The minimum Gasteiger partial charge on any atom is -0.487 e. The van der Waals surface area contributed by atoms with Crippen LogP contribution in [0.2, 0.25) is 0 Å². The molecular weight excluding hydrogens is 456 g/mol. The van der Waals surface area contributed by atoms with Gasteiger partial charge in [0, 0.05) is 24.5 Å². The molecule has 1 atom stereocenters. The highest BCUT2D eigenvalue weighted by molar-refractivity contribution is 7.92. The fraction of sp³-hybridized carbons (Fsp3) is 0.318. The molecule has 1 unspecified atom stereocenters. The van der Waals surface area contributed by atoms with Gasteiger partial charge in [0.25, 0.3) is 10.0 Å². The Morgan fingerprint density at radius 2 is 1.84 bits per heavy atom. The summed E-state index contributed by atoms with van der Waals surface area (Å²) in [6.45, 7) is 3.66. The highest BCUT2D eigenvalue weighted by atomic mass is 32.2. The molecule has 170 valence electrons. The second kappa shape index (κ2) is 9.51. The maximum absolute atomic E-state index is 14.6. The van der Waals surface area contributed by atoms with Gasteiger partial charge in [-0.15, -0.1) is 11.3 Å². The molecule has 0 spiro atoms. The number of ether oxygens (including phenoxy) is 1. The Labute approximate surface area is 189 Å². The van der Waals surface area contributed by atoms with E-state index in [4.69, 9.17) is 4.74 Å². The molecular formula is C22H23F2N3O3S2. The van der Waals surface area contributed by atoms with Gasteiger partial charge >= 0.3 is 0 Å². The summed E-state index contributed by atoms with van der Waals surface area (Å²) in [6.07, 6.45) is 1.03. The first-order valence-corrected chi connectivity index (χ1v) is 12.6. The van der Waals surface area contributed by atoms with E-state index in [0.717, 1.165) is 25.2 Å². The molecule has 1 N–H and O–H groups in total. The third-order valence-corrected chi connectivity index (χ3v) is 7.53. The van der Waals surface area contributed by atoms with Gasteiger partial charge in [-0.05, 0) is 37.5 Å². The van der Waals surface area contributed by atoms with Crippen LogP contribution in [0.15, 0.2) is 58.3 Å². The van der Waals surface area contributed by atoms with Crippen molar-refractivity contribution in [2.24, 2.45) is 0 Å². The molecule has 1 aliphatic rings. The molecule has 2 heterocycles. The number of thiazole rings is 1. The quantitative estimate of drug-likeness (QED) is 0.526. The lowest BCUT2D eigenvalue weighted by Crippen LogP contribution is -2.39. The first-order chi connectivity index (χ1) is 15.3. The normalized spacial score (nSPS) is 16.6. The van der Waals surface area contributed by atoms with E-state index in [9.17, 15) is 17.2 Å². The monoisotopic (exact) mass is 479 g/mol. The predicted molar refractivity (Wildman–Crippen MR) is 119 cm³/mol. The van der Waals surface area contributed by atoms with Crippen LogP contribution in [0.4, 0.5) is 14.6 Å². The topological polar surface area (TPSA) is 71.5 Å². The van der Waals surface area contributed by atoms with Crippen LogP contribution in [-0.2, 0) is 10.0 Å². The SMILES string of the molecule is CC(c1ccccc1)N1CCC(Oc2ccc(S(=O)(=O)Nc3cscn3)c(F)c2F)CC1. The van der Waals surface area contributed by atoms with E-state index in [1.54, 1.807) is 0 Å². The Bertz CT molecular complexity index is 1150. The number of anilines is 1. The zero-order valence-electron chi connectivity index (χ0n) is 17.4. The number of rotatable bonds is 7.